The first kappa shape index (κ1) is 16.9. The topological polar surface area (TPSA) is 46.8 Å². The maximum atomic E-state index is 4.84. The van der Waals surface area contributed by atoms with Crippen molar-refractivity contribution < 1.29 is 0 Å². The Labute approximate surface area is 164 Å². The van der Waals surface area contributed by atoms with Crippen LogP contribution < -0.4 is 4.90 Å². The Hall–Kier alpha value is -3.21. The van der Waals surface area contributed by atoms with Crippen molar-refractivity contribution in [1.82, 2.24) is 19.5 Å². The standard InChI is InChI=1S/C23H23N5/c1-2-7-18(8-3-1)16-28-14-12-24-23(28)19-9-6-13-27(17-19)22-15-25-20-10-4-5-11-21(20)26-22/h1-5,7-8,10-12,14-15,19H,6,9,13,16-17H2. The zero-order chi connectivity index (χ0) is 18.8. The number of anilines is 1. The highest BCUT2D eigenvalue weighted by atomic mass is 15.2. The second-order valence-electron chi connectivity index (χ2n) is 7.40. The van der Waals surface area contributed by atoms with Crippen LogP contribution >= 0.6 is 0 Å². The Morgan fingerprint density at radius 1 is 0.929 bits per heavy atom. The van der Waals surface area contributed by atoms with Crippen molar-refractivity contribution in [2.24, 2.45) is 0 Å². The first-order valence-electron chi connectivity index (χ1n) is 9.88. The number of nitrogens with zero attached hydrogens (tertiary/aromatic N) is 5. The van der Waals surface area contributed by atoms with Gasteiger partial charge in [-0.2, -0.15) is 0 Å². The third-order valence-electron chi connectivity index (χ3n) is 5.49. The van der Waals surface area contributed by atoms with Gasteiger partial charge in [0.2, 0.25) is 0 Å². The van der Waals surface area contributed by atoms with Crippen LogP contribution in [0, 0.1) is 0 Å². The summed E-state index contributed by atoms with van der Waals surface area (Å²) >= 11 is 0. The highest BCUT2D eigenvalue weighted by Crippen LogP contribution is 2.29. The van der Waals surface area contributed by atoms with Crippen LogP contribution in [0.4, 0.5) is 5.82 Å². The van der Waals surface area contributed by atoms with Gasteiger partial charge in [0.15, 0.2) is 0 Å². The number of fused-ring (bicyclic) bond motifs is 1. The first-order valence-corrected chi connectivity index (χ1v) is 9.88. The van der Waals surface area contributed by atoms with Gasteiger partial charge in [0, 0.05) is 37.9 Å². The summed E-state index contributed by atoms with van der Waals surface area (Å²) in [4.78, 5) is 16.5. The second-order valence-corrected chi connectivity index (χ2v) is 7.40. The molecule has 3 heterocycles. The van der Waals surface area contributed by atoms with Crippen molar-refractivity contribution in [3.8, 4) is 0 Å². The molecule has 1 aliphatic rings. The van der Waals surface area contributed by atoms with E-state index in [1.807, 2.05) is 36.7 Å². The minimum absolute atomic E-state index is 0.403. The van der Waals surface area contributed by atoms with E-state index in [0.717, 1.165) is 49.3 Å². The lowest BCUT2D eigenvalue weighted by molar-refractivity contribution is 0.474. The van der Waals surface area contributed by atoms with Crippen molar-refractivity contribution in [2.75, 3.05) is 18.0 Å². The van der Waals surface area contributed by atoms with Gasteiger partial charge in [-0.15, -0.1) is 0 Å². The molecule has 5 heteroatoms. The number of piperidine rings is 1. The fraction of sp³-hybridized carbons (Fsp3) is 0.261. The number of rotatable bonds is 4. The lowest BCUT2D eigenvalue weighted by Crippen LogP contribution is -2.36. The van der Waals surface area contributed by atoms with Crippen LogP contribution in [0.25, 0.3) is 11.0 Å². The van der Waals surface area contributed by atoms with E-state index >= 15 is 0 Å². The van der Waals surface area contributed by atoms with Gasteiger partial charge in [-0.05, 0) is 30.5 Å². The molecule has 0 saturated carbocycles. The van der Waals surface area contributed by atoms with Crippen LogP contribution in [0.15, 0.2) is 73.2 Å². The molecule has 0 amide bonds. The molecule has 1 unspecified atom stereocenters. The van der Waals surface area contributed by atoms with Crippen molar-refractivity contribution in [3.63, 3.8) is 0 Å². The lowest BCUT2D eigenvalue weighted by Gasteiger charge is -2.33. The second kappa shape index (κ2) is 7.43. The van der Waals surface area contributed by atoms with E-state index in [9.17, 15) is 0 Å². The van der Waals surface area contributed by atoms with Gasteiger partial charge in [0.25, 0.3) is 0 Å². The quantitative estimate of drug-likeness (QED) is 0.539. The molecular formula is C23H23N5. The Morgan fingerprint density at radius 2 is 1.75 bits per heavy atom. The molecule has 1 fully saturated rings. The minimum atomic E-state index is 0.403. The number of imidazole rings is 1. The first-order chi connectivity index (χ1) is 13.9. The smallest absolute Gasteiger partial charge is 0.147 e. The summed E-state index contributed by atoms with van der Waals surface area (Å²) < 4.78 is 2.29. The molecule has 0 bridgehead atoms. The Kier molecular flexibility index (Phi) is 4.49. The Morgan fingerprint density at radius 3 is 2.64 bits per heavy atom. The van der Waals surface area contributed by atoms with Crippen LogP contribution in [-0.4, -0.2) is 32.6 Å². The molecule has 0 spiro atoms. The average Bonchev–Trinajstić information content (AvgIpc) is 3.22. The van der Waals surface area contributed by atoms with E-state index in [4.69, 9.17) is 9.97 Å². The number of hydrogen-bond donors (Lipinski definition) is 0. The van der Waals surface area contributed by atoms with E-state index < -0.39 is 0 Å². The molecule has 4 aromatic rings. The van der Waals surface area contributed by atoms with Crippen LogP contribution in [-0.2, 0) is 6.54 Å². The predicted molar refractivity (Wildman–Crippen MR) is 111 cm³/mol. The number of aromatic nitrogens is 4. The normalized spacial score (nSPS) is 17.1. The molecular weight excluding hydrogens is 346 g/mol. The zero-order valence-electron chi connectivity index (χ0n) is 15.8. The van der Waals surface area contributed by atoms with Crippen molar-refractivity contribution in [2.45, 2.75) is 25.3 Å². The monoisotopic (exact) mass is 369 g/mol. The SMILES string of the molecule is c1ccc(Cn2ccnc2C2CCCN(c3cnc4ccccc4n3)C2)cc1. The van der Waals surface area contributed by atoms with Crippen LogP contribution in [0.5, 0.6) is 0 Å². The van der Waals surface area contributed by atoms with E-state index in [2.05, 4.69) is 51.0 Å². The summed E-state index contributed by atoms with van der Waals surface area (Å²) in [5.74, 6) is 2.53. The highest BCUT2D eigenvalue weighted by molar-refractivity contribution is 5.75. The minimum Gasteiger partial charge on any atom is -0.355 e. The molecule has 5 nitrogen and oxygen atoms in total. The molecule has 5 rings (SSSR count). The molecule has 140 valence electrons. The Bertz CT molecular complexity index is 1070. The Balaban J connectivity index is 1.38. The third kappa shape index (κ3) is 3.36. The summed E-state index contributed by atoms with van der Waals surface area (Å²) in [5, 5.41) is 0. The van der Waals surface area contributed by atoms with Crippen molar-refractivity contribution in [3.05, 3.63) is 84.6 Å². The molecule has 1 saturated heterocycles. The van der Waals surface area contributed by atoms with Gasteiger partial charge < -0.3 is 9.47 Å². The van der Waals surface area contributed by atoms with E-state index in [1.165, 1.54) is 11.4 Å². The molecule has 2 aromatic carbocycles. The largest absolute Gasteiger partial charge is 0.355 e. The molecule has 1 aliphatic heterocycles. The van der Waals surface area contributed by atoms with Gasteiger partial charge >= 0.3 is 0 Å². The van der Waals surface area contributed by atoms with Gasteiger partial charge in [-0.25, -0.2) is 9.97 Å². The number of benzene rings is 2. The molecule has 28 heavy (non-hydrogen) atoms. The lowest BCUT2D eigenvalue weighted by atomic mass is 9.97. The van der Waals surface area contributed by atoms with Crippen LogP contribution in [0.3, 0.4) is 0 Å². The summed E-state index contributed by atoms with van der Waals surface area (Å²) in [6, 6.07) is 18.6. The summed E-state index contributed by atoms with van der Waals surface area (Å²) in [6.07, 6.45) is 8.21. The average molecular weight is 369 g/mol. The van der Waals surface area contributed by atoms with Gasteiger partial charge in [0.05, 0.1) is 17.2 Å². The van der Waals surface area contributed by atoms with Crippen LogP contribution in [0.2, 0.25) is 0 Å². The van der Waals surface area contributed by atoms with Crippen molar-refractivity contribution >= 4 is 16.9 Å². The highest BCUT2D eigenvalue weighted by Gasteiger charge is 2.25. The van der Waals surface area contributed by atoms with Crippen LogP contribution in [0.1, 0.15) is 30.1 Å². The third-order valence-corrected chi connectivity index (χ3v) is 5.49. The molecule has 0 aliphatic carbocycles. The summed E-state index contributed by atoms with van der Waals surface area (Å²) in [6.45, 7) is 2.81. The molecule has 0 N–H and O–H groups in total. The summed E-state index contributed by atoms with van der Waals surface area (Å²) in [7, 11) is 0. The summed E-state index contributed by atoms with van der Waals surface area (Å²) in [5.41, 5.74) is 3.20. The maximum absolute atomic E-state index is 4.84. The van der Waals surface area contributed by atoms with Gasteiger partial charge in [-0.1, -0.05) is 42.5 Å². The van der Waals surface area contributed by atoms with Gasteiger partial charge in [0.1, 0.15) is 11.6 Å². The fourth-order valence-electron chi connectivity index (χ4n) is 4.09. The van der Waals surface area contributed by atoms with E-state index in [1.54, 1.807) is 0 Å². The number of hydrogen-bond acceptors (Lipinski definition) is 4. The van der Waals surface area contributed by atoms with E-state index in [0.29, 0.717) is 5.92 Å². The molecule has 1 atom stereocenters. The maximum Gasteiger partial charge on any atom is 0.147 e. The zero-order valence-corrected chi connectivity index (χ0v) is 15.8. The molecule has 0 radical (unpaired) electrons. The fourth-order valence-corrected chi connectivity index (χ4v) is 4.09. The molecule has 2 aromatic heterocycles. The van der Waals surface area contributed by atoms with Crippen molar-refractivity contribution in [1.29, 1.82) is 0 Å². The van der Waals surface area contributed by atoms with E-state index in [-0.39, 0.29) is 0 Å². The number of para-hydroxylation sites is 2. The van der Waals surface area contributed by atoms with Gasteiger partial charge in [-0.3, -0.25) is 4.98 Å². The predicted octanol–water partition coefficient (Wildman–Crippen LogP) is 4.26.